The molecule has 6 aliphatic rings. The number of nitrogens with zero attached hydrogens (tertiary/aromatic N) is 2. The fourth-order valence-electron chi connectivity index (χ4n) is 13.1. The van der Waals surface area contributed by atoms with E-state index in [2.05, 4.69) is 0 Å². The summed E-state index contributed by atoms with van der Waals surface area (Å²) in [5.41, 5.74) is 0.950. The first kappa shape index (κ1) is 54.8. The van der Waals surface area contributed by atoms with Crippen molar-refractivity contribution in [1.82, 2.24) is 0 Å². The molecule has 0 N–H and O–H groups in total. The molecule has 414 valence electrons. The van der Waals surface area contributed by atoms with Gasteiger partial charge in [0.2, 0.25) is 10.8 Å². The Bertz CT molecular complexity index is 3600. The van der Waals surface area contributed by atoms with E-state index >= 15 is 19.2 Å². The van der Waals surface area contributed by atoms with Crippen molar-refractivity contribution in [1.29, 1.82) is 0 Å². The van der Waals surface area contributed by atoms with E-state index in [1.165, 1.54) is 11.3 Å². The number of rotatable bonds is 14. The monoisotopic (exact) mass is 1190 g/mol. The van der Waals surface area contributed by atoms with Gasteiger partial charge in [-0.3, -0.25) is 19.2 Å². The largest absolute Gasteiger partial charge is 0.459 e. The number of thiophene rings is 1. The summed E-state index contributed by atoms with van der Waals surface area (Å²) in [6.45, 7) is -0.602. The van der Waals surface area contributed by atoms with Crippen molar-refractivity contribution in [3.63, 3.8) is 0 Å². The third kappa shape index (κ3) is 9.58. The lowest BCUT2D eigenvalue weighted by molar-refractivity contribution is -0.166. The Morgan fingerprint density at radius 3 is 0.976 bits per heavy atom. The van der Waals surface area contributed by atoms with Crippen LogP contribution in [0.2, 0.25) is 0 Å². The molecule has 13 rings (SSSR count). The minimum absolute atomic E-state index is 0.0348. The third-order valence-electron chi connectivity index (χ3n) is 17.3. The average molecular weight is 1190 g/mol. The van der Waals surface area contributed by atoms with Crippen molar-refractivity contribution < 1.29 is 38.1 Å². The van der Waals surface area contributed by atoms with Crippen molar-refractivity contribution in [2.75, 3.05) is 0 Å². The summed E-state index contributed by atoms with van der Waals surface area (Å²) >= 11 is 26.2. The minimum atomic E-state index is -2.28. The normalized spacial score (nSPS) is 20.9. The van der Waals surface area contributed by atoms with E-state index in [4.69, 9.17) is 77.8 Å². The van der Waals surface area contributed by atoms with E-state index in [0.29, 0.717) is 75.0 Å². The average Bonchev–Trinajstić information content (AvgIpc) is 1.80. The molecule has 15 heteroatoms. The highest BCUT2D eigenvalue weighted by molar-refractivity contribution is 7.86. The van der Waals surface area contributed by atoms with Crippen LogP contribution in [0.3, 0.4) is 0 Å². The van der Waals surface area contributed by atoms with Crippen LogP contribution in [0.15, 0.2) is 167 Å². The zero-order valence-corrected chi connectivity index (χ0v) is 49.1. The van der Waals surface area contributed by atoms with Crippen LogP contribution in [-0.4, -0.2) is 54.8 Å². The fourth-order valence-corrected chi connectivity index (χ4v) is 16.1. The maximum Gasteiger partial charge on any atom is 0.334 e. The predicted octanol–water partition coefficient (Wildman–Crippen LogP) is 14.2. The van der Waals surface area contributed by atoms with E-state index in [0.717, 1.165) is 60.8 Å². The summed E-state index contributed by atoms with van der Waals surface area (Å²) in [5.74, 6) is -3.42. The van der Waals surface area contributed by atoms with Gasteiger partial charge in [0.15, 0.2) is 0 Å². The first-order chi connectivity index (χ1) is 40.4. The van der Waals surface area contributed by atoms with E-state index in [1.54, 1.807) is 12.2 Å². The molecular formula is C68H54N2O8S5. The number of aliphatic imine (C=N–C) groups is 2. The molecule has 1 heterocycles. The number of hydrogen-bond donors (Lipinski definition) is 0. The Morgan fingerprint density at radius 2 is 0.699 bits per heavy atom. The molecular weight excluding hydrogens is 1130 g/mol. The van der Waals surface area contributed by atoms with E-state index < -0.39 is 34.7 Å². The van der Waals surface area contributed by atoms with Gasteiger partial charge in [0.25, 0.3) is 0 Å². The second kappa shape index (κ2) is 22.6. The van der Waals surface area contributed by atoms with E-state index in [9.17, 15) is 0 Å². The van der Waals surface area contributed by atoms with Crippen molar-refractivity contribution in [3.05, 3.63) is 201 Å². The zero-order valence-electron chi connectivity index (χ0n) is 45.0. The lowest BCUT2D eigenvalue weighted by Gasteiger charge is -2.28. The van der Waals surface area contributed by atoms with Gasteiger partial charge in [0, 0.05) is 63.3 Å². The van der Waals surface area contributed by atoms with Gasteiger partial charge in [-0.2, -0.15) is 0 Å². The van der Waals surface area contributed by atoms with Gasteiger partial charge >= 0.3 is 23.9 Å². The smallest absolute Gasteiger partial charge is 0.334 e. The van der Waals surface area contributed by atoms with Crippen LogP contribution < -0.4 is 0 Å². The Morgan fingerprint density at radius 1 is 0.422 bits per heavy atom. The summed E-state index contributed by atoms with van der Waals surface area (Å²) in [6.07, 6.45) is 11.1. The second-order valence-corrected chi connectivity index (χ2v) is 25.0. The molecule has 7 aromatic rings. The van der Waals surface area contributed by atoms with Crippen LogP contribution in [-0.2, 0) is 75.4 Å². The molecule has 0 aliphatic heterocycles. The van der Waals surface area contributed by atoms with Crippen LogP contribution in [0.25, 0.3) is 32.3 Å². The summed E-state index contributed by atoms with van der Waals surface area (Å²) in [4.78, 5) is 75.7. The number of benzene rings is 6. The predicted molar refractivity (Wildman–Crippen MR) is 340 cm³/mol. The Kier molecular flexibility index (Phi) is 15.0. The highest BCUT2D eigenvalue weighted by Gasteiger charge is 2.61. The summed E-state index contributed by atoms with van der Waals surface area (Å²) in [5, 5.41) is 1.24. The fraction of sp³-hybridized carbons (Fsp3) is 0.265. The van der Waals surface area contributed by atoms with Crippen LogP contribution in [0, 0.1) is 23.7 Å². The number of fused-ring (bicyclic) bond motifs is 7. The SMILES string of the molecule is O=C(OCc1ccccc1)C1(C(=O)OCc2ccccc2)C(N=C2C(=S)C3CCCCC3C2=S)=Cc2cc3sc4cc5c(cc4c3cc21)C(C(=O)OCc1ccccc1)(C(=O)OCc1ccccc1)C(N=C1C(=S)C2CCCCC2C1=S)=C5. The van der Waals surface area contributed by atoms with Crippen molar-refractivity contribution in [2.45, 2.75) is 88.6 Å². The molecule has 10 nitrogen and oxygen atoms in total. The molecule has 4 unspecified atom stereocenters. The summed E-state index contributed by atoms with van der Waals surface area (Å²) in [6, 6.07) is 44.5. The van der Waals surface area contributed by atoms with Crippen LogP contribution >= 0.6 is 60.2 Å². The molecule has 0 spiro atoms. The molecule has 6 aromatic carbocycles. The number of hydrogen-bond acceptors (Lipinski definition) is 15. The zero-order chi connectivity index (χ0) is 57.0. The van der Waals surface area contributed by atoms with Crippen LogP contribution in [0.1, 0.15) is 95.9 Å². The Balaban J connectivity index is 1.00. The molecule has 0 amide bonds. The van der Waals surface area contributed by atoms with Gasteiger partial charge < -0.3 is 18.9 Å². The molecule has 6 aliphatic carbocycles. The van der Waals surface area contributed by atoms with E-state index in [-0.39, 0.29) is 72.6 Å². The molecule has 0 bridgehead atoms. The van der Waals surface area contributed by atoms with E-state index in [1.807, 2.05) is 146 Å². The lowest BCUT2D eigenvalue weighted by Crippen LogP contribution is -2.46. The molecule has 4 fully saturated rings. The first-order valence-corrected chi connectivity index (χ1v) is 30.6. The van der Waals surface area contributed by atoms with Gasteiger partial charge in [-0.05, 0) is 107 Å². The third-order valence-corrected chi connectivity index (χ3v) is 20.4. The molecule has 4 saturated carbocycles. The summed E-state index contributed by atoms with van der Waals surface area (Å²) < 4.78 is 26.7. The number of carbonyl (C=O) groups is 4. The summed E-state index contributed by atoms with van der Waals surface area (Å²) in [7, 11) is 0. The maximum atomic E-state index is 15.7. The van der Waals surface area contributed by atoms with Crippen LogP contribution in [0.5, 0.6) is 0 Å². The Labute approximate surface area is 505 Å². The van der Waals surface area contributed by atoms with Gasteiger partial charge in [0.05, 0.1) is 22.8 Å². The number of carbonyl (C=O) groups excluding carboxylic acids is 4. The lowest BCUT2D eigenvalue weighted by atomic mass is 9.78. The standard InChI is InChI=1S/C68H54N2O8S5/c71-63(75-35-39-17-5-1-6-18-39)67(64(72)76-36-40-19-7-2-8-20-40)51-33-49-50-34-52-44(30-54(50)83-53(49)29-43(51)31-55(67)69-57-59(79)45-25-13-14-26-46(45)60(57)80)32-56(70-58-61(81)47-27-15-16-28-48(47)62(58)82)68(52,65(73)77-37-41-21-9-3-10-22-41)66(74)78-38-42-23-11-4-12-24-42/h1-12,17-24,29-34,45-48H,13-16,25-28,35-38H2. The topological polar surface area (TPSA) is 130 Å². The van der Waals surface area contributed by atoms with Gasteiger partial charge in [0.1, 0.15) is 26.4 Å². The Hall–Kier alpha value is -7.40. The quantitative estimate of drug-likeness (QED) is 0.0445. The molecule has 4 atom stereocenters. The highest BCUT2D eigenvalue weighted by atomic mass is 32.1. The molecule has 83 heavy (non-hydrogen) atoms. The number of thiocarbonyl (C=S) groups is 4. The van der Waals surface area contributed by atoms with Gasteiger partial charge in [-0.1, -0.05) is 196 Å². The highest BCUT2D eigenvalue weighted by Crippen LogP contribution is 2.53. The second-order valence-electron chi connectivity index (χ2n) is 22.2. The van der Waals surface area contributed by atoms with Crippen LogP contribution in [0.4, 0.5) is 0 Å². The maximum absolute atomic E-state index is 15.7. The number of esters is 4. The van der Waals surface area contributed by atoms with Crippen molar-refractivity contribution >= 4 is 147 Å². The minimum Gasteiger partial charge on any atom is -0.459 e. The van der Waals surface area contributed by atoms with Crippen molar-refractivity contribution in [3.8, 4) is 0 Å². The van der Waals surface area contributed by atoms with Crippen molar-refractivity contribution in [2.24, 2.45) is 33.7 Å². The van der Waals surface area contributed by atoms with Gasteiger partial charge in [-0.15, -0.1) is 11.3 Å². The molecule has 1 aromatic heterocycles. The molecule has 0 radical (unpaired) electrons. The number of ether oxygens (including phenoxy) is 4. The first-order valence-electron chi connectivity index (χ1n) is 28.1. The molecule has 0 saturated heterocycles. The van der Waals surface area contributed by atoms with Gasteiger partial charge in [-0.25, -0.2) is 9.98 Å².